The van der Waals surface area contributed by atoms with Crippen LogP contribution in [0.1, 0.15) is 28.4 Å². The van der Waals surface area contributed by atoms with Crippen LogP contribution >= 0.6 is 0 Å². The van der Waals surface area contributed by atoms with E-state index in [9.17, 15) is 4.79 Å². The number of aromatic nitrogens is 1. The Morgan fingerprint density at radius 2 is 2.03 bits per heavy atom. The quantitative estimate of drug-likeness (QED) is 0.289. The van der Waals surface area contributed by atoms with Crippen molar-refractivity contribution in [1.82, 2.24) is 20.7 Å². The average molecular weight is 405 g/mol. The van der Waals surface area contributed by atoms with Crippen LogP contribution in [-0.2, 0) is 11.2 Å². The van der Waals surface area contributed by atoms with Crippen molar-refractivity contribution in [1.29, 1.82) is 0 Å². The highest BCUT2D eigenvalue weighted by Gasteiger charge is 2.24. The number of nitrogens with one attached hydrogen (secondary N) is 3. The summed E-state index contributed by atoms with van der Waals surface area (Å²) < 4.78 is 0. The number of aryl methyl sites for hydroxylation is 1. The zero-order valence-corrected chi connectivity index (χ0v) is 17.2. The van der Waals surface area contributed by atoms with Crippen LogP contribution in [-0.4, -0.2) is 47.2 Å². The fourth-order valence-corrected chi connectivity index (χ4v) is 4.29. The summed E-state index contributed by atoms with van der Waals surface area (Å²) in [4.78, 5) is 17.2. The first-order valence-corrected chi connectivity index (χ1v) is 10.4. The molecular formula is C24H28N4O2. The molecule has 6 heteroatoms. The molecule has 4 N–H and O–H groups in total. The minimum Gasteiger partial charge on any atom is -0.358 e. The number of hydrogen-bond donors (Lipinski definition) is 4. The van der Waals surface area contributed by atoms with Gasteiger partial charge in [-0.1, -0.05) is 42.5 Å². The maximum atomic E-state index is 11.2. The Hall–Kier alpha value is -2.93. The Balaban J connectivity index is 1.47. The van der Waals surface area contributed by atoms with Gasteiger partial charge in [-0.05, 0) is 42.2 Å². The van der Waals surface area contributed by atoms with E-state index in [-0.39, 0.29) is 0 Å². The predicted molar refractivity (Wildman–Crippen MR) is 119 cm³/mol. The lowest BCUT2D eigenvalue weighted by molar-refractivity contribution is -0.124. The monoisotopic (exact) mass is 404 g/mol. The predicted octanol–water partition coefficient (Wildman–Crippen LogP) is 3.18. The van der Waals surface area contributed by atoms with Crippen molar-refractivity contribution in [3.8, 4) is 0 Å². The van der Waals surface area contributed by atoms with Crippen LogP contribution in [0.25, 0.3) is 17.0 Å². The second-order valence-corrected chi connectivity index (χ2v) is 7.76. The molecule has 1 saturated heterocycles. The highest BCUT2D eigenvalue weighted by molar-refractivity contribution is 5.90. The number of carbonyl (C=O) groups excluding carboxylic acids is 1. The van der Waals surface area contributed by atoms with Crippen molar-refractivity contribution >= 4 is 22.9 Å². The zero-order valence-electron chi connectivity index (χ0n) is 17.2. The normalized spacial score (nSPS) is 17.6. The number of fused-ring (bicyclic) bond motifs is 1. The number of benzene rings is 2. The van der Waals surface area contributed by atoms with Gasteiger partial charge >= 0.3 is 0 Å². The Morgan fingerprint density at radius 1 is 1.23 bits per heavy atom. The van der Waals surface area contributed by atoms with Crippen LogP contribution in [0.3, 0.4) is 0 Å². The molecule has 0 spiro atoms. The number of rotatable bonds is 6. The molecule has 1 aliphatic rings. The zero-order chi connectivity index (χ0) is 20.9. The van der Waals surface area contributed by atoms with Crippen molar-refractivity contribution in [2.45, 2.75) is 19.4 Å². The number of piperazine rings is 1. The molecule has 3 aromatic rings. The standard InChI is InChI=1S/C24H28N4O2/c1-17-20(21-4-2-3-5-22(21)26-17)12-14-28-15-13-25-16-23(28)19-9-6-18(7-10-19)8-11-24(29)27-30/h2-11,23,25-26,30H,12-16H2,1H3,(H,27,29)/b11-8+. The van der Waals surface area contributed by atoms with Crippen LogP contribution in [0.5, 0.6) is 0 Å². The molecule has 1 atom stereocenters. The van der Waals surface area contributed by atoms with Gasteiger partial charge in [-0.15, -0.1) is 0 Å². The topological polar surface area (TPSA) is 80.4 Å². The van der Waals surface area contributed by atoms with Crippen molar-refractivity contribution < 1.29 is 10.0 Å². The molecule has 2 aromatic carbocycles. The van der Waals surface area contributed by atoms with E-state index in [2.05, 4.69) is 58.5 Å². The smallest absolute Gasteiger partial charge is 0.267 e. The van der Waals surface area contributed by atoms with E-state index in [4.69, 9.17) is 5.21 Å². The Bertz CT molecular complexity index is 1040. The summed E-state index contributed by atoms with van der Waals surface area (Å²) in [6, 6.07) is 17.1. The molecule has 1 unspecified atom stereocenters. The lowest BCUT2D eigenvalue weighted by Gasteiger charge is -2.36. The number of hydroxylamine groups is 1. The number of aromatic amines is 1. The first-order chi connectivity index (χ1) is 14.7. The van der Waals surface area contributed by atoms with E-state index in [1.807, 2.05) is 12.1 Å². The maximum Gasteiger partial charge on any atom is 0.267 e. The van der Waals surface area contributed by atoms with Crippen LogP contribution in [0.4, 0.5) is 0 Å². The summed E-state index contributed by atoms with van der Waals surface area (Å²) >= 11 is 0. The number of carbonyl (C=O) groups is 1. The number of H-pyrrole nitrogens is 1. The molecule has 156 valence electrons. The van der Waals surface area contributed by atoms with E-state index < -0.39 is 5.91 Å². The Morgan fingerprint density at radius 3 is 2.83 bits per heavy atom. The first kappa shape index (κ1) is 20.3. The number of hydrogen-bond acceptors (Lipinski definition) is 4. The molecule has 1 aliphatic heterocycles. The summed E-state index contributed by atoms with van der Waals surface area (Å²) in [5.41, 5.74) is 7.66. The van der Waals surface area contributed by atoms with Crippen LogP contribution < -0.4 is 10.8 Å². The molecular weight excluding hydrogens is 376 g/mol. The molecule has 0 radical (unpaired) electrons. The molecule has 1 amide bonds. The van der Waals surface area contributed by atoms with Crippen molar-refractivity contribution in [3.05, 3.63) is 77.0 Å². The van der Waals surface area contributed by atoms with E-state index in [1.165, 1.54) is 33.8 Å². The SMILES string of the molecule is Cc1[nH]c2ccccc2c1CCN1CCNCC1c1ccc(/C=C/C(=O)NO)cc1. The summed E-state index contributed by atoms with van der Waals surface area (Å²) in [6.07, 6.45) is 4.02. The lowest BCUT2D eigenvalue weighted by Crippen LogP contribution is -2.46. The van der Waals surface area contributed by atoms with Gasteiger partial charge in [0.1, 0.15) is 0 Å². The molecule has 30 heavy (non-hydrogen) atoms. The molecule has 2 heterocycles. The first-order valence-electron chi connectivity index (χ1n) is 10.4. The summed E-state index contributed by atoms with van der Waals surface area (Å²) in [6.45, 7) is 6.11. The van der Waals surface area contributed by atoms with Crippen molar-refractivity contribution in [3.63, 3.8) is 0 Å². The lowest BCUT2D eigenvalue weighted by atomic mass is 10.00. The van der Waals surface area contributed by atoms with Gasteiger partial charge in [-0.25, -0.2) is 5.48 Å². The summed E-state index contributed by atoms with van der Waals surface area (Å²) in [7, 11) is 0. The van der Waals surface area contributed by atoms with Gasteiger partial charge < -0.3 is 10.3 Å². The highest BCUT2D eigenvalue weighted by atomic mass is 16.5. The molecule has 0 bridgehead atoms. The molecule has 1 aromatic heterocycles. The van der Waals surface area contributed by atoms with Gasteiger partial charge in [0.25, 0.3) is 5.91 Å². The van der Waals surface area contributed by atoms with E-state index >= 15 is 0 Å². The highest BCUT2D eigenvalue weighted by Crippen LogP contribution is 2.26. The second-order valence-electron chi connectivity index (χ2n) is 7.76. The molecule has 1 fully saturated rings. The third-order valence-electron chi connectivity index (χ3n) is 5.89. The van der Waals surface area contributed by atoms with Gasteiger partial charge in [0, 0.05) is 54.9 Å². The number of amides is 1. The van der Waals surface area contributed by atoms with Crippen molar-refractivity contribution in [2.24, 2.45) is 0 Å². The largest absolute Gasteiger partial charge is 0.358 e. The van der Waals surface area contributed by atoms with E-state index in [0.29, 0.717) is 6.04 Å². The van der Waals surface area contributed by atoms with E-state index in [1.54, 1.807) is 11.6 Å². The Kier molecular flexibility index (Phi) is 6.28. The number of para-hydroxylation sites is 1. The Labute approximate surface area is 176 Å². The molecule has 4 rings (SSSR count). The van der Waals surface area contributed by atoms with E-state index in [0.717, 1.165) is 38.2 Å². The van der Waals surface area contributed by atoms with Crippen LogP contribution in [0.15, 0.2) is 54.6 Å². The molecule has 0 aliphatic carbocycles. The molecule has 6 nitrogen and oxygen atoms in total. The van der Waals surface area contributed by atoms with Gasteiger partial charge in [0.15, 0.2) is 0 Å². The van der Waals surface area contributed by atoms with Crippen LogP contribution in [0, 0.1) is 6.92 Å². The summed E-state index contributed by atoms with van der Waals surface area (Å²) in [5, 5.41) is 13.4. The van der Waals surface area contributed by atoms with Gasteiger partial charge in [-0.2, -0.15) is 0 Å². The maximum absolute atomic E-state index is 11.2. The van der Waals surface area contributed by atoms with Gasteiger partial charge in [-0.3, -0.25) is 14.9 Å². The third kappa shape index (κ3) is 4.46. The fraction of sp³-hybridized carbons (Fsp3) is 0.292. The third-order valence-corrected chi connectivity index (χ3v) is 5.89. The van der Waals surface area contributed by atoms with Gasteiger partial charge in [0.05, 0.1) is 0 Å². The average Bonchev–Trinajstić information content (AvgIpc) is 3.11. The van der Waals surface area contributed by atoms with Crippen molar-refractivity contribution in [2.75, 3.05) is 26.2 Å². The molecule has 0 saturated carbocycles. The summed E-state index contributed by atoms with van der Waals surface area (Å²) in [5.74, 6) is -0.533. The second kappa shape index (κ2) is 9.26. The minimum atomic E-state index is -0.533. The fourth-order valence-electron chi connectivity index (χ4n) is 4.29. The minimum absolute atomic E-state index is 0.322. The number of nitrogens with zero attached hydrogens (tertiary/aromatic N) is 1. The van der Waals surface area contributed by atoms with Gasteiger partial charge in [0.2, 0.25) is 0 Å². The van der Waals surface area contributed by atoms with Crippen LogP contribution in [0.2, 0.25) is 0 Å².